The van der Waals surface area contributed by atoms with Crippen LogP contribution in [-0.2, 0) is 0 Å². The van der Waals surface area contributed by atoms with Gasteiger partial charge in [0.2, 0.25) is 0 Å². The van der Waals surface area contributed by atoms with Crippen LogP contribution in [0.15, 0.2) is 219 Å². The molecule has 9 aromatic carbocycles. The van der Waals surface area contributed by atoms with Crippen LogP contribution in [0.5, 0.6) is 0 Å². The Labute approximate surface area is 327 Å². The van der Waals surface area contributed by atoms with Gasteiger partial charge in [-0.1, -0.05) is 194 Å². The highest BCUT2D eigenvalue weighted by Crippen LogP contribution is 2.48. The van der Waals surface area contributed by atoms with Crippen molar-refractivity contribution in [1.82, 2.24) is 9.97 Å². The zero-order valence-electron chi connectivity index (χ0n) is 30.7. The molecule has 1 heterocycles. The monoisotopic (exact) mass is 712 g/mol. The van der Waals surface area contributed by atoms with Gasteiger partial charge in [-0.05, 0) is 100 Å². The molecule has 0 N–H and O–H groups in total. The van der Waals surface area contributed by atoms with Crippen molar-refractivity contribution in [1.29, 1.82) is 0 Å². The summed E-state index contributed by atoms with van der Waals surface area (Å²) in [4.78, 5) is 9.34. The van der Waals surface area contributed by atoms with Gasteiger partial charge in [0.1, 0.15) is 0 Å². The van der Waals surface area contributed by atoms with Crippen LogP contribution in [0.3, 0.4) is 0 Å². The lowest BCUT2D eigenvalue weighted by molar-refractivity contribution is 1.18. The molecule has 0 aliphatic carbocycles. The fourth-order valence-corrected chi connectivity index (χ4v) is 8.20. The Kier molecular flexibility index (Phi) is 8.55. The number of fused-ring (bicyclic) bond motifs is 2. The smallest absolute Gasteiger partial charge is 0.159 e. The third-order valence-electron chi connectivity index (χ3n) is 10.8. The van der Waals surface area contributed by atoms with Crippen molar-refractivity contribution >= 4 is 21.5 Å². The van der Waals surface area contributed by atoms with Crippen molar-refractivity contribution in [3.05, 3.63) is 219 Å². The van der Waals surface area contributed by atoms with Crippen LogP contribution < -0.4 is 0 Å². The number of rotatable bonds is 7. The summed E-state index contributed by atoms with van der Waals surface area (Å²) in [6.45, 7) is 0. The molecular formula is C54H36N2. The first-order valence-corrected chi connectivity index (χ1v) is 19.1. The molecule has 0 radical (unpaired) electrons. The second-order valence-electron chi connectivity index (χ2n) is 14.1. The standard InChI is InChI=1S/C54H36N2/c1-3-14-37(15-4-1)39-24-28-41(29-25-39)44-18-7-9-20-46(44)52-48-22-11-12-23-49(48)53(51-36-43(32-33-50(51)52)54-55-34-13-35-56-54)47-21-10-8-19-45(47)42-30-26-40(27-31-42)38-16-5-2-6-17-38/h1-36H. The summed E-state index contributed by atoms with van der Waals surface area (Å²) in [7, 11) is 0. The van der Waals surface area contributed by atoms with Crippen LogP contribution in [0.2, 0.25) is 0 Å². The van der Waals surface area contributed by atoms with Gasteiger partial charge in [0.15, 0.2) is 5.82 Å². The maximum Gasteiger partial charge on any atom is 0.159 e. The molecule has 262 valence electrons. The highest BCUT2D eigenvalue weighted by Gasteiger charge is 2.21. The van der Waals surface area contributed by atoms with Crippen molar-refractivity contribution < 1.29 is 0 Å². The molecule has 0 bridgehead atoms. The van der Waals surface area contributed by atoms with Crippen molar-refractivity contribution in [2.24, 2.45) is 0 Å². The second-order valence-corrected chi connectivity index (χ2v) is 14.1. The third-order valence-corrected chi connectivity index (χ3v) is 10.8. The predicted molar refractivity (Wildman–Crippen MR) is 235 cm³/mol. The molecule has 0 aliphatic heterocycles. The molecule has 0 atom stereocenters. The molecule has 0 spiro atoms. The topological polar surface area (TPSA) is 25.8 Å². The predicted octanol–water partition coefficient (Wildman–Crippen LogP) is 14.5. The van der Waals surface area contributed by atoms with Crippen LogP contribution in [0.4, 0.5) is 0 Å². The van der Waals surface area contributed by atoms with E-state index in [2.05, 4.69) is 210 Å². The first-order chi connectivity index (χ1) is 27.8. The lowest BCUT2D eigenvalue weighted by Crippen LogP contribution is -1.95. The van der Waals surface area contributed by atoms with Crippen molar-refractivity contribution in [2.75, 3.05) is 0 Å². The van der Waals surface area contributed by atoms with Gasteiger partial charge in [0.05, 0.1) is 0 Å². The maximum atomic E-state index is 4.67. The molecule has 10 rings (SSSR count). The quantitative estimate of drug-likeness (QED) is 0.154. The van der Waals surface area contributed by atoms with Gasteiger partial charge in [-0.3, -0.25) is 0 Å². The molecule has 0 fully saturated rings. The van der Waals surface area contributed by atoms with E-state index >= 15 is 0 Å². The fraction of sp³-hybridized carbons (Fsp3) is 0. The maximum absolute atomic E-state index is 4.67. The molecule has 10 aromatic rings. The lowest BCUT2D eigenvalue weighted by Gasteiger charge is -2.21. The highest BCUT2D eigenvalue weighted by molar-refractivity contribution is 6.23. The minimum atomic E-state index is 0.707. The first-order valence-electron chi connectivity index (χ1n) is 19.1. The van der Waals surface area contributed by atoms with Crippen molar-refractivity contribution in [3.8, 4) is 78.1 Å². The Morgan fingerprint density at radius 2 is 0.589 bits per heavy atom. The van der Waals surface area contributed by atoms with E-state index in [9.17, 15) is 0 Å². The zero-order chi connectivity index (χ0) is 37.3. The highest BCUT2D eigenvalue weighted by atomic mass is 14.8. The summed E-state index contributed by atoms with van der Waals surface area (Å²) in [5.41, 5.74) is 15.3. The van der Waals surface area contributed by atoms with E-state index in [0.29, 0.717) is 5.82 Å². The molecule has 2 nitrogen and oxygen atoms in total. The lowest BCUT2D eigenvalue weighted by atomic mass is 9.81. The van der Waals surface area contributed by atoms with Crippen LogP contribution in [0, 0.1) is 0 Å². The summed E-state index contributed by atoms with van der Waals surface area (Å²) in [5, 5.41) is 4.75. The molecule has 1 aromatic heterocycles. The Balaban J connectivity index is 1.22. The van der Waals surface area contributed by atoms with Gasteiger partial charge >= 0.3 is 0 Å². The van der Waals surface area contributed by atoms with Crippen LogP contribution in [0.25, 0.3) is 99.7 Å². The summed E-state index contributed by atoms with van der Waals surface area (Å²) in [6.07, 6.45) is 3.62. The second kappa shape index (κ2) is 14.4. The number of hydrogen-bond donors (Lipinski definition) is 0. The summed E-state index contributed by atoms with van der Waals surface area (Å²) < 4.78 is 0. The Bertz CT molecular complexity index is 2970. The SMILES string of the molecule is c1ccc(-c2ccc(-c3ccccc3-c3c4ccccc4c(-c4ccccc4-c4ccc(-c5ccccc5)cc4)c4cc(-c5ncccn5)ccc34)cc2)cc1. The Hall–Kier alpha value is -7.42. The molecule has 56 heavy (non-hydrogen) atoms. The minimum Gasteiger partial charge on any atom is -0.237 e. The van der Waals surface area contributed by atoms with E-state index in [0.717, 1.165) is 10.9 Å². The number of aromatic nitrogens is 2. The largest absolute Gasteiger partial charge is 0.237 e. The molecule has 0 unspecified atom stereocenters. The van der Waals surface area contributed by atoms with Crippen LogP contribution in [0.1, 0.15) is 0 Å². The van der Waals surface area contributed by atoms with Gasteiger partial charge in [0, 0.05) is 18.0 Å². The van der Waals surface area contributed by atoms with Gasteiger partial charge in [-0.25, -0.2) is 9.97 Å². The Morgan fingerprint density at radius 3 is 1.09 bits per heavy atom. The van der Waals surface area contributed by atoms with E-state index in [1.165, 1.54) is 82.9 Å². The van der Waals surface area contributed by atoms with Gasteiger partial charge in [-0.2, -0.15) is 0 Å². The average molecular weight is 713 g/mol. The van der Waals surface area contributed by atoms with E-state index in [-0.39, 0.29) is 0 Å². The number of nitrogens with zero attached hydrogens (tertiary/aromatic N) is 2. The molecule has 0 amide bonds. The first kappa shape index (κ1) is 33.2. The van der Waals surface area contributed by atoms with Crippen LogP contribution in [-0.4, -0.2) is 9.97 Å². The van der Waals surface area contributed by atoms with Crippen molar-refractivity contribution in [2.45, 2.75) is 0 Å². The van der Waals surface area contributed by atoms with E-state index < -0.39 is 0 Å². The average Bonchev–Trinajstić information content (AvgIpc) is 3.29. The van der Waals surface area contributed by atoms with Crippen LogP contribution >= 0.6 is 0 Å². The van der Waals surface area contributed by atoms with Crippen molar-refractivity contribution in [3.63, 3.8) is 0 Å². The number of benzene rings is 9. The molecule has 0 saturated heterocycles. The fourth-order valence-electron chi connectivity index (χ4n) is 8.20. The molecule has 2 heteroatoms. The normalized spacial score (nSPS) is 11.2. The van der Waals surface area contributed by atoms with Gasteiger partial charge < -0.3 is 0 Å². The van der Waals surface area contributed by atoms with E-state index in [1.54, 1.807) is 0 Å². The summed E-state index contributed by atoms with van der Waals surface area (Å²) in [6, 6.07) is 74.2. The van der Waals surface area contributed by atoms with E-state index in [4.69, 9.17) is 0 Å². The van der Waals surface area contributed by atoms with Gasteiger partial charge in [-0.15, -0.1) is 0 Å². The summed E-state index contributed by atoms with van der Waals surface area (Å²) >= 11 is 0. The number of hydrogen-bond acceptors (Lipinski definition) is 2. The molecule has 0 aliphatic rings. The Morgan fingerprint density at radius 1 is 0.232 bits per heavy atom. The zero-order valence-corrected chi connectivity index (χ0v) is 30.7. The van der Waals surface area contributed by atoms with E-state index in [1.807, 2.05) is 18.5 Å². The summed E-state index contributed by atoms with van der Waals surface area (Å²) in [5.74, 6) is 0.707. The molecular weight excluding hydrogens is 677 g/mol. The van der Waals surface area contributed by atoms with Gasteiger partial charge in [0.25, 0.3) is 0 Å². The minimum absolute atomic E-state index is 0.707. The third kappa shape index (κ3) is 6.04. The molecule has 0 saturated carbocycles.